The molecule has 11 nitrogen and oxygen atoms in total. The Labute approximate surface area is 203 Å². The predicted octanol–water partition coefficient (Wildman–Crippen LogP) is 2.41. The number of benzene rings is 1. The molecule has 0 saturated carbocycles. The molecule has 3 aromatic rings. The fourth-order valence-corrected chi connectivity index (χ4v) is 5.66. The maximum absolute atomic E-state index is 12.3. The Morgan fingerprint density at radius 3 is 2.69 bits per heavy atom. The monoisotopic (exact) mass is 478 g/mol. The number of para-hydroxylation sites is 2. The largest absolute Gasteiger partial charge is 0.452 e. The quantitative estimate of drug-likeness (QED) is 0.571. The number of rotatable bonds is 2. The van der Waals surface area contributed by atoms with E-state index in [1.807, 2.05) is 30.5 Å². The molecule has 6 rings (SSSR count). The van der Waals surface area contributed by atoms with Gasteiger partial charge in [-0.05, 0) is 31.9 Å². The summed E-state index contributed by atoms with van der Waals surface area (Å²) in [5, 5.41) is 7.63. The molecule has 35 heavy (non-hydrogen) atoms. The fraction of sp³-hybridized carbons (Fsp3) is 0.500. The van der Waals surface area contributed by atoms with E-state index in [4.69, 9.17) is 25.2 Å². The van der Waals surface area contributed by atoms with E-state index in [-0.39, 0.29) is 23.7 Å². The molecule has 1 amide bonds. The average Bonchev–Trinajstić information content (AvgIpc) is 3.44. The smallest absolute Gasteiger partial charge is 0.414 e. The standard InChI is InChI=1S/C24H30N8O3/c1-15-20(25)24(14-35-15)7-9-30(10-8-24)18-13-26-19-21(27-18)28-29-22(19)31-11-12-32(23(33)34-2)17-6-4-3-5-16(17)31/h3-6,13,15,20H,7-12,14,25H2,1-2H3,(H,27,28,29)/t15-,20+/m0/s1. The van der Waals surface area contributed by atoms with E-state index in [9.17, 15) is 4.79 Å². The Kier molecular flexibility index (Phi) is 5.26. The summed E-state index contributed by atoms with van der Waals surface area (Å²) in [5.74, 6) is 1.52. The third kappa shape index (κ3) is 3.49. The van der Waals surface area contributed by atoms with E-state index in [1.54, 1.807) is 4.90 Å². The van der Waals surface area contributed by atoms with Crippen LogP contribution < -0.4 is 20.4 Å². The summed E-state index contributed by atoms with van der Waals surface area (Å²) in [5.41, 5.74) is 9.51. The second kappa shape index (κ2) is 8.35. The van der Waals surface area contributed by atoms with Crippen LogP contribution in [0.2, 0.25) is 0 Å². The molecule has 5 heterocycles. The number of H-pyrrole nitrogens is 1. The maximum atomic E-state index is 12.3. The first-order valence-electron chi connectivity index (χ1n) is 12.1. The summed E-state index contributed by atoms with van der Waals surface area (Å²) in [6, 6.07) is 7.80. The van der Waals surface area contributed by atoms with Crippen molar-refractivity contribution in [3.63, 3.8) is 0 Å². The van der Waals surface area contributed by atoms with Gasteiger partial charge in [-0.2, -0.15) is 5.10 Å². The van der Waals surface area contributed by atoms with Crippen LogP contribution in [-0.4, -0.2) is 78.3 Å². The lowest BCUT2D eigenvalue weighted by Crippen LogP contribution is -2.50. The molecule has 2 atom stereocenters. The number of amides is 1. The Balaban J connectivity index is 1.25. The highest BCUT2D eigenvalue weighted by atomic mass is 16.5. The summed E-state index contributed by atoms with van der Waals surface area (Å²) in [6.07, 6.45) is 3.52. The van der Waals surface area contributed by atoms with Crippen LogP contribution in [0, 0.1) is 5.41 Å². The predicted molar refractivity (Wildman–Crippen MR) is 132 cm³/mol. The van der Waals surface area contributed by atoms with Gasteiger partial charge in [0.15, 0.2) is 17.0 Å². The number of piperidine rings is 1. The van der Waals surface area contributed by atoms with Gasteiger partial charge in [0.1, 0.15) is 5.82 Å². The van der Waals surface area contributed by atoms with Gasteiger partial charge in [-0.15, -0.1) is 0 Å². The number of fused-ring (bicyclic) bond motifs is 2. The van der Waals surface area contributed by atoms with Gasteiger partial charge in [0, 0.05) is 37.6 Å². The van der Waals surface area contributed by atoms with Crippen molar-refractivity contribution in [3.05, 3.63) is 30.5 Å². The third-order valence-electron chi connectivity index (χ3n) is 7.83. The molecule has 2 aromatic heterocycles. The van der Waals surface area contributed by atoms with Gasteiger partial charge in [0.2, 0.25) is 0 Å². The number of hydrogen-bond acceptors (Lipinski definition) is 9. The summed E-state index contributed by atoms with van der Waals surface area (Å²) in [4.78, 5) is 27.8. The molecule has 0 unspecified atom stereocenters. The van der Waals surface area contributed by atoms with Crippen molar-refractivity contribution in [2.75, 3.05) is 54.6 Å². The van der Waals surface area contributed by atoms with Gasteiger partial charge < -0.3 is 25.0 Å². The minimum absolute atomic E-state index is 0.0638. The van der Waals surface area contributed by atoms with Crippen molar-refractivity contribution in [2.24, 2.45) is 11.1 Å². The minimum atomic E-state index is -0.378. The van der Waals surface area contributed by atoms with E-state index in [0.29, 0.717) is 30.1 Å². The highest BCUT2D eigenvalue weighted by Gasteiger charge is 2.47. The lowest BCUT2D eigenvalue weighted by molar-refractivity contribution is 0.0974. The normalized spacial score (nSPS) is 23.7. The first-order valence-corrected chi connectivity index (χ1v) is 12.1. The number of carbonyl (C=O) groups is 1. The highest BCUT2D eigenvalue weighted by molar-refractivity contribution is 5.97. The molecule has 1 aromatic carbocycles. The van der Waals surface area contributed by atoms with Crippen molar-refractivity contribution in [3.8, 4) is 0 Å². The number of hydrogen-bond donors (Lipinski definition) is 2. The molecule has 11 heteroatoms. The van der Waals surface area contributed by atoms with Gasteiger partial charge in [0.05, 0.1) is 37.4 Å². The number of nitrogens with one attached hydrogen (secondary N) is 1. The van der Waals surface area contributed by atoms with Crippen LogP contribution in [0.25, 0.3) is 11.2 Å². The van der Waals surface area contributed by atoms with Gasteiger partial charge in [-0.1, -0.05) is 12.1 Å². The zero-order chi connectivity index (χ0) is 24.2. The van der Waals surface area contributed by atoms with E-state index >= 15 is 0 Å². The van der Waals surface area contributed by atoms with Crippen molar-refractivity contribution in [1.82, 2.24) is 20.2 Å². The molecule has 0 aliphatic carbocycles. The maximum Gasteiger partial charge on any atom is 0.414 e. The van der Waals surface area contributed by atoms with Crippen LogP contribution in [0.3, 0.4) is 0 Å². The number of nitrogens with zero attached hydrogens (tertiary/aromatic N) is 6. The van der Waals surface area contributed by atoms with Crippen molar-refractivity contribution in [2.45, 2.75) is 31.9 Å². The highest BCUT2D eigenvalue weighted by Crippen LogP contribution is 2.42. The van der Waals surface area contributed by atoms with Crippen molar-refractivity contribution in [1.29, 1.82) is 0 Å². The zero-order valence-electron chi connectivity index (χ0n) is 20.0. The van der Waals surface area contributed by atoms with Crippen LogP contribution in [0.4, 0.5) is 27.8 Å². The number of aromatic amines is 1. The van der Waals surface area contributed by atoms with Gasteiger partial charge in [0.25, 0.3) is 0 Å². The molecule has 3 aliphatic heterocycles. The zero-order valence-corrected chi connectivity index (χ0v) is 20.0. The SMILES string of the molecule is COC(=O)N1CCN(c2n[nH]c3nc(N4CCC5(CC4)CO[C@@H](C)[C@H]5N)cnc23)c2ccccc21. The molecular weight excluding hydrogens is 448 g/mol. The summed E-state index contributed by atoms with van der Waals surface area (Å²) >= 11 is 0. The van der Waals surface area contributed by atoms with Crippen molar-refractivity contribution < 1.29 is 14.3 Å². The van der Waals surface area contributed by atoms with Crippen molar-refractivity contribution >= 4 is 40.3 Å². The molecule has 0 radical (unpaired) electrons. The Morgan fingerprint density at radius 2 is 1.97 bits per heavy atom. The summed E-state index contributed by atoms with van der Waals surface area (Å²) < 4.78 is 10.8. The molecule has 184 valence electrons. The van der Waals surface area contributed by atoms with Crippen LogP contribution in [0.1, 0.15) is 19.8 Å². The van der Waals surface area contributed by atoms with E-state index in [1.165, 1.54) is 7.11 Å². The molecule has 1 spiro atoms. The summed E-state index contributed by atoms with van der Waals surface area (Å²) in [6.45, 7) is 5.58. The number of methoxy groups -OCH3 is 1. The molecule has 2 fully saturated rings. The van der Waals surface area contributed by atoms with Crippen LogP contribution in [0.5, 0.6) is 0 Å². The van der Waals surface area contributed by atoms with Crippen LogP contribution in [0.15, 0.2) is 30.5 Å². The minimum Gasteiger partial charge on any atom is -0.452 e. The lowest BCUT2D eigenvalue weighted by Gasteiger charge is -2.41. The van der Waals surface area contributed by atoms with E-state index in [0.717, 1.165) is 49.7 Å². The number of nitrogens with two attached hydrogens (primary N) is 1. The first-order chi connectivity index (χ1) is 17.0. The fourth-order valence-electron chi connectivity index (χ4n) is 5.66. The molecule has 3 aliphatic rings. The number of ether oxygens (including phenoxy) is 2. The van der Waals surface area contributed by atoms with Gasteiger partial charge in [-0.3, -0.25) is 10.00 Å². The molecule has 3 N–H and O–H groups in total. The number of aromatic nitrogens is 4. The summed E-state index contributed by atoms with van der Waals surface area (Å²) in [7, 11) is 1.39. The Morgan fingerprint density at radius 1 is 1.20 bits per heavy atom. The number of anilines is 4. The Bertz CT molecular complexity index is 1250. The van der Waals surface area contributed by atoms with Gasteiger partial charge >= 0.3 is 6.09 Å². The first kappa shape index (κ1) is 22.1. The third-order valence-corrected chi connectivity index (χ3v) is 7.83. The second-order valence-electron chi connectivity index (χ2n) is 9.63. The van der Waals surface area contributed by atoms with Gasteiger partial charge in [-0.25, -0.2) is 14.8 Å². The van der Waals surface area contributed by atoms with Crippen LogP contribution in [-0.2, 0) is 9.47 Å². The second-order valence-corrected chi connectivity index (χ2v) is 9.63. The molecular formula is C24H30N8O3. The topological polar surface area (TPSA) is 126 Å². The number of carbonyl (C=O) groups excluding carboxylic acids is 1. The average molecular weight is 479 g/mol. The van der Waals surface area contributed by atoms with E-state index in [2.05, 4.69) is 26.9 Å². The molecule has 2 saturated heterocycles. The van der Waals surface area contributed by atoms with E-state index < -0.39 is 0 Å². The van der Waals surface area contributed by atoms with Crippen LogP contribution >= 0.6 is 0 Å². The molecule has 0 bridgehead atoms. The Hall–Kier alpha value is -3.44. The lowest BCUT2D eigenvalue weighted by atomic mass is 9.73.